The Hall–Kier alpha value is -14.0. The minimum atomic E-state index is -5.74. The summed E-state index contributed by atoms with van der Waals surface area (Å²) in [5, 5.41) is 1.07. The quantitative estimate of drug-likeness (QED) is 0.0849. The van der Waals surface area contributed by atoms with Gasteiger partial charge in [-0.05, 0) is 146 Å². The Morgan fingerprint density at radius 2 is 0.475 bits per heavy atom. The largest absolute Gasteiger partial charge is 0.597 e. The zero-order valence-corrected chi connectivity index (χ0v) is 51.9. The van der Waals surface area contributed by atoms with Gasteiger partial charge in [0.15, 0.2) is 69.3 Å². The van der Waals surface area contributed by atoms with Crippen molar-refractivity contribution in [1.29, 1.82) is 0 Å². The van der Waals surface area contributed by atoms with Crippen LogP contribution < -0.4 is 48.9 Å². The maximum absolute atomic E-state index is 14.4. The first-order valence-electron chi connectivity index (χ1n) is 30.4. The molecule has 0 atom stereocenters. The van der Waals surface area contributed by atoms with Crippen molar-refractivity contribution < 1.29 is 47.5 Å². The van der Waals surface area contributed by atoms with Gasteiger partial charge in [-0.15, -0.1) is 0 Å². The van der Waals surface area contributed by atoms with Crippen molar-refractivity contribution in [3.8, 4) is 92.0 Å². The molecule has 0 unspecified atom stereocenters. The molecule has 99 heavy (non-hydrogen) atoms. The number of rotatable bonds is 16. The molecule has 10 aromatic heterocycles. The van der Waals surface area contributed by atoms with Gasteiger partial charge in [-0.1, -0.05) is 0 Å². The van der Waals surface area contributed by atoms with Gasteiger partial charge < -0.3 is 47.5 Å². The summed E-state index contributed by atoms with van der Waals surface area (Å²) in [4.78, 5) is 95.9. The van der Waals surface area contributed by atoms with Gasteiger partial charge in [-0.25, -0.2) is 30.0 Å². The number of hydrogen-bond donors (Lipinski definition) is 2. The molecule has 0 saturated carbocycles. The standard InChI is InChI=1S/C72H42N16O10Si/c89-99(90)87-69-53-29-61(95-45-13-5-21-77-37-45)62(96-46-14-6-22-78-38-46)30-54(53)71(87)85-67-51-27-59(93-43-11-3-19-75-35-43)60(94-44-12-4-20-76-36-44)28-52(51)68(82-67)86-72-56-32-64(98-48-16-8-24-80-40-48)63(97-47-15-7-23-79-39-47)31-55(56)70(88(72)99)84-66-50-26-58(92-42-10-2-18-74-34-42)57(25-49(50)65(81-66)83-69)91-41-9-1-17-73-33-41/h1-40,89-90H. The molecule has 18 rings (SSSR count). The molecule has 0 spiro atoms. The molecule has 0 saturated heterocycles. The molecule has 14 heterocycles. The lowest BCUT2D eigenvalue weighted by Gasteiger charge is -2.23. The molecule has 14 aromatic rings. The number of hydrogen-bond acceptors (Lipinski definition) is 24. The smallest absolute Gasteiger partial charge is 0.452 e. The second-order valence-corrected chi connectivity index (χ2v) is 24.3. The number of nitrogens with zero attached hydrogens (tertiary/aromatic N) is 16. The highest BCUT2D eigenvalue weighted by Crippen LogP contribution is 2.50. The highest BCUT2D eigenvalue weighted by atomic mass is 28.4. The molecule has 2 N–H and O–H groups in total. The summed E-state index contributed by atoms with van der Waals surface area (Å²) in [6.45, 7) is 0. The highest BCUT2D eigenvalue weighted by Gasteiger charge is 2.48. The van der Waals surface area contributed by atoms with E-state index in [2.05, 4.69) is 39.9 Å². The summed E-state index contributed by atoms with van der Waals surface area (Å²) in [6, 6.07) is 41.4. The third-order valence-corrected chi connectivity index (χ3v) is 17.9. The van der Waals surface area contributed by atoms with E-state index in [0.717, 1.165) is 0 Å². The van der Waals surface area contributed by atoms with Crippen molar-refractivity contribution in [1.82, 2.24) is 48.3 Å². The predicted molar refractivity (Wildman–Crippen MR) is 360 cm³/mol. The van der Waals surface area contributed by atoms with E-state index in [9.17, 15) is 9.59 Å². The Bertz CT molecular complexity index is 5480. The van der Waals surface area contributed by atoms with Crippen LogP contribution in [0.3, 0.4) is 0 Å². The average Bonchev–Trinajstić information content (AvgIpc) is 1.54. The number of aromatic nitrogens is 10. The lowest BCUT2D eigenvalue weighted by Crippen LogP contribution is -2.60. The molecule has 26 nitrogen and oxygen atoms in total. The van der Waals surface area contributed by atoms with Crippen LogP contribution in [0.4, 0.5) is 11.6 Å². The fraction of sp³-hybridized carbons (Fsp3) is 0. The SMILES string of the molecule is O[Si]1(O)n2c3c4cc(Oc5cccnc5)c(Oc5cccnc5)cc4c2N=C2N=C(N=c4c5cc(Oc6cccnc6)c(Oc6cccnc6)cc5c(n41)=NC1=NC(=N3)c3cc(Oc4cccnc4)c(Oc4cccnc4)cc31)c1cc(Oc3cccnc3)c(Oc3cccnc3)cc12. The van der Waals surface area contributed by atoms with Crippen LogP contribution in [-0.2, 0) is 0 Å². The number of aliphatic imine (C=N–C) groups is 4. The van der Waals surface area contributed by atoms with Gasteiger partial charge in [0, 0.05) is 93.4 Å². The Balaban J connectivity index is 0.991. The van der Waals surface area contributed by atoms with Gasteiger partial charge in [0.25, 0.3) is 0 Å². The van der Waals surface area contributed by atoms with Crippen molar-refractivity contribution in [2.75, 3.05) is 0 Å². The minimum absolute atomic E-state index is 0.0571. The molecule has 0 fully saturated rings. The summed E-state index contributed by atoms with van der Waals surface area (Å²) in [5.74, 6) is 4.51. The van der Waals surface area contributed by atoms with Crippen LogP contribution in [0.5, 0.6) is 92.0 Å². The molecular weight excluding hydrogens is 1280 g/mol. The summed E-state index contributed by atoms with van der Waals surface area (Å²) >= 11 is 0. The van der Waals surface area contributed by atoms with Crippen LogP contribution in [-0.4, -0.2) is 90.2 Å². The first-order valence-corrected chi connectivity index (χ1v) is 32.2. The van der Waals surface area contributed by atoms with Crippen molar-refractivity contribution in [2.24, 2.45) is 30.0 Å². The third kappa shape index (κ3) is 10.7. The van der Waals surface area contributed by atoms with Crippen LogP contribution in [0.2, 0.25) is 0 Å². The van der Waals surface area contributed by atoms with Crippen LogP contribution in [0.15, 0.2) is 275 Å². The highest BCUT2D eigenvalue weighted by molar-refractivity contribution is 6.63. The first kappa shape index (κ1) is 57.6. The van der Waals surface area contributed by atoms with Gasteiger partial charge in [-0.2, -0.15) is 0 Å². The zero-order valence-electron chi connectivity index (χ0n) is 50.9. The summed E-state index contributed by atoms with van der Waals surface area (Å²) in [5.41, 5.74) is 1.43. The molecule has 0 radical (unpaired) electrons. The fourth-order valence-electron chi connectivity index (χ4n) is 11.6. The summed E-state index contributed by atoms with van der Waals surface area (Å²) < 4.78 is 56.0. The molecule has 4 aliphatic rings. The number of fused-ring (bicyclic) bond motifs is 14. The lowest BCUT2D eigenvalue weighted by atomic mass is 10.1. The molecule has 4 aliphatic heterocycles. The molecule has 4 aromatic carbocycles. The normalized spacial score (nSPS) is 13.4. The molecule has 6 bridgehead atoms. The average molecular weight is 1320 g/mol. The molecule has 0 aliphatic carbocycles. The van der Waals surface area contributed by atoms with Gasteiger partial charge in [0.05, 0.1) is 49.6 Å². The van der Waals surface area contributed by atoms with Gasteiger partial charge in [0.2, 0.25) is 0 Å². The lowest BCUT2D eigenvalue weighted by molar-refractivity contribution is 0.324. The van der Waals surface area contributed by atoms with Crippen molar-refractivity contribution in [3.63, 3.8) is 0 Å². The predicted octanol–water partition coefficient (Wildman–Crippen LogP) is 12.9. The molecule has 474 valence electrons. The molecule has 27 heteroatoms. The van der Waals surface area contributed by atoms with Crippen molar-refractivity contribution in [2.45, 2.75) is 0 Å². The Morgan fingerprint density at radius 1 is 0.253 bits per heavy atom. The van der Waals surface area contributed by atoms with E-state index in [1.54, 1.807) is 245 Å². The van der Waals surface area contributed by atoms with E-state index in [1.165, 1.54) is 8.47 Å². The van der Waals surface area contributed by atoms with E-state index >= 15 is 0 Å². The summed E-state index contributed by atoms with van der Waals surface area (Å²) in [6.07, 6.45) is 25.4. The topological polar surface area (TPSA) is 301 Å². The van der Waals surface area contributed by atoms with Gasteiger partial charge >= 0.3 is 8.88 Å². The van der Waals surface area contributed by atoms with Gasteiger partial charge in [0.1, 0.15) is 68.6 Å². The fourth-order valence-corrected chi connectivity index (χ4v) is 13.6. The third-order valence-electron chi connectivity index (χ3n) is 15.9. The zero-order chi connectivity index (χ0) is 66.0. The Labute approximate surface area is 558 Å². The maximum atomic E-state index is 14.4. The minimum Gasteiger partial charge on any atom is -0.452 e. The van der Waals surface area contributed by atoms with Crippen LogP contribution >= 0.6 is 0 Å². The molecule has 0 amide bonds. The van der Waals surface area contributed by atoms with E-state index in [0.29, 0.717) is 68.2 Å². The number of ether oxygens (including phenoxy) is 8. The van der Waals surface area contributed by atoms with Crippen molar-refractivity contribution in [3.05, 3.63) is 278 Å². The van der Waals surface area contributed by atoms with Gasteiger partial charge in [-0.3, -0.25) is 48.3 Å². The Morgan fingerprint density at radius 3 is 0.707 bits per heavy atom. The monoisotopic (exact) mass is 1320 g/mol. The van der Waals surface area contributed by atoms with E-state index in [4.69, 9.17) is 67.8 Å². The Kier molecular flexibility index (Phi) is 13.8. The van der Waals surface area contributed by atoms with E-state index < -0.39 is 8.88 Å². The van der Waals surface area contributed by atoms with E-state index in [-0.39, 0.29) is 113 Å². The van der Waals surface area contributed by atoms with Crippen molar-refractivity contribution >= 4 is 65.4 Å². The number of amidine groups is 4. The maximum Gasteiger partial charge on any atom is 0.597 e. The van der Waals surface area contributed by atoms with Crippen LogP contribution in [0.25, 0.3) is 21.5 Å². The van der Waals surface area contributed by atoms with Crippen LogP contribution in [0.1, 0.15) is 22.3 Å². The second kappa shape index (κ2) is 23.8. The first-order chi connectivity index (χ1) is 48.7. The number of benzene rings is 4. The summed E-state index contributed by atoms with van der Waals surface area (Å²) in [7, 11) is -5.74. The van der Waals surface area contributed by atoms with Crippen LogP contribution in [0, 0.1) is 0 Å². The number of pyridine rings is 8. The van der Waals surface area contributed by atoms with E-state index in [1.807, 2.05) is 0 Å². The second-order valence-electron chi connectivity index (χ2n) is 22.2. The molecular formula is C72H42N16O10Si.